The molecular weight excluding hydrogens is 332 g/mol. The van der Waals surface area contributed by atoms with Crippen LogP contribution in [0.4, 0.5) is 0 Å². The number of aliphatic hydroxyl groups is 1. The summed E-state index contributed by atoms with van der Waals surface area (Å²) < 4.78 is 5.70. The largest absolute Gasteiger partial charge is 0.491 e. The van der Waals surface area contributed by atoms with Crippen LogP contribution in [0.5, 0.6) is 5.75 Å². The Morgan fingerprint density at radius 3 is 2.67 bits per heavy atom. The molecule has 0 unspecified atom stereocenters. The molecule has 2 amide bonds. The number of benzene rings is 1. The van der Waals surface area contributed by atoms with Crippen LogP contribution in [0.15, 0.2) is 18.2 Å². The molecule has 1 aliphatic rings. The fraction of sp³-hybridized carbons (Fsp3) is 0.500. The number of carbonyl (C=O) groups excluding carboxylic acids is 2. The minimum Gasteiger partial charge on any atom is -0.491 e. The first-order valence-electron chi connectivity index (χ1n) is 7.42. The van der Waals surface area contributed by atoms with E-state index in [0.717, 1.165) is 5.56 Å². The Hall–Kier alpha value is -1.77. The van der Waals surface area contributed by atoms with Crippen LogP contribution in [0.1, 0.15) is 36.7 Å². The van der Waals surface area contributed by atoms with Crippen molar-refractivity contribution in [2.24, 2.45) is 5.41 Å². The van der Waals surface area contributed by atoms with Gasteiger partial charge in [-0.1, -0.05) is 6.07 Å². The highest BCUT2D eigenvalue weighted by Crippen LogP contribution is 2.29. The Balaban J connectivity index is 0.00000288. The molecule has 0 saturated carbocycles. The fourth-order valence-electron chi connectivity index (χ4n) is 2.39. The molecule has 3 N–H and O–H groups in total. The number of amides is 2. The molecule has 1 aliphatic heterocycles. The minimum absolute atomic E-state index is 0. The lowest BCUT2D eigenvalue weighted by Crippen LogP contribution is -2.47. The molecule has 0 radical (unpaired) electrons. The van der Waals surface area contributed by atoms with Gasteiger partial charge in [-0.25, -0.2) is 5.48 Å². The van der Waals surface area contributed by atoms with Crippen molar-refractivity contribution in [3.05, 3.63) is 29.3 Å². The number of hydroxylamine groups is 1. The monoisotopic (exact) mass is 356 g/mol. The number of fused-ring (bicyclic) bond motifs is 1. The molecule has 0 aromatic heterocycles. The van der Waals surface area contributed by atoms with E-state index in [1.54, 1.807) is 42.4 Å². The van der Waals surface area contributed by atoms with Gasteiger partial charge < -0.3 is 14.7 Å². The van der Waals surface area contributed by atoms with Crippen molar-refractivity contribution in [1.29, 1.82) is 0 Å². The van der Waals surface area contributed by atoms with Gasteiger partial charge >= 0.3 is 0 Å². The Morgan fingerprint density at radius 1 is 1.42 bits per heavy atom. The predicted octanol–water partition coefficient (Wildman–Crippen LogP) is 1.05. The van der Waals surface area contributed by atoms with Crippen LogP contribution < -0.4 is 10.2 Å². The summed E-state index contributed by atoms with van der Waals surface area (Å²) >= 11 is 0. The first-order valence-corrected chi connectivity index (χ1v) is 7.42. The molecule has 0 aliphatic carbocycles. The number of nitrogens with zero attached hydrogens (tertiary/aromatic N) is 1. The minimum atomic E-state index is -0.866. The maximum Gasteiger partial charge on any atom is 0.274 e. The molecule has 1 aromatic rings. The molecule has 7 nitrogen and oxygen atoms in total. The molecule has 0 saturated heterocycles. The van der Waals surface area contributed by atoms with Gasteiger partial charge in [-0.3, -0.25) is 14.8 Å². The van der Waals surface area contributed by atoms with E-state index in [1.807, 2.05) is 6.92 Å². The van der Waals surface area contributed by atoms with Crippen molar-refractivity contribution < 1.29 is 24.6 Å². The van der Waals surface area contributed by atoms with Crippen molar-refractivity contribution in [1.82, 2.24) is 10.4 Å². The molecule has 0 fully saturated rings. The van der Waals surface area contributed by atoms with Gasteiger partial charge in [0, 0.05) is 17.7 Å². The van der Waals surface area contributed by atoms with Crippen molar-refractivity contribution in [3.8, 4) is 5.75 Å². The topological polar surface area (TPSA) is 99.1 Å². The molecule has 0 bridgehead atoms. The van der Waals surface area contributed by atoms with Gasteiger partial charge in [0.05, 0.1) is 18.1 Å². The molecular formula is C16H24N2O5S. The van der Waals surface area contributed by atoms with Crippen molar-refractivity contribution >= 4 is 25.3 Å². The highest BCUT2D eigenvalue weighted by Gasteiger charge is 2.35. The summed E-state index contributed by atoms with van der Waals surface area (Å²) in [5.74, 6) is -0.265. The first kappa shape index (κ1) is 20.3. The first-order chi connectivity index (χ1) is 10.8. The Labute approximate surface area is 148 Å². The third kappa shape index (κ3) is 4.00. The second-order valence-electron chi connectivity index (χ2n) is 6.40. The van der Waals surface area contributed by atoms with Gasteiger partial charge in [0.25, 0.3) is 5.91 Å². The maximum atomic E-state index is 12.7. The highest BCUT2D eigenvalue weighted by atomic mass is 32.1. The zero-order valence-electron chi connectivity index (χ0n) is 14.0. The lowest BCUT2D eigenvalue weighted by molar-refractivity contribution is -0.145. The summed E-state index contributed by atoms with van der Waals surface area (Å²) in [5, 5.41) is 18.1. The summed E-state index contributed by atoms with van der Waals surface area (Å²) in [7, 11) is 0. The number of aliphatic hydroxyl groups excluding tert-OH is 1. The van der Waals surface area contributed by atoms with E-state index in [9.17, 15) is 14.7 Å². The van der Waals surface area contributed by atoms with Crippen LogP contribution in [-0.2, 0) is 11.3 Å². The molecule has 24 heavy (non-hydrogen) atoms. The fourth-order valence-corrected chi connectivity index (χ4v) is 2.39. The van der Waals surface area contributed by atoms with Crippen LogP contribution >= 0.6 is 13.5 Å². The van der Waals surface area contributed by atoms with Crippen LogP contribution in [0.2, 0.25) is 0 Å². The van der Waals surface area contributed by atoms with E-state index in [2.05, 4.69) is 0 Å². The number of hydrogen-bond acceptors (Lipinski definition) is 5. The zero-order chi connectivity index (χ0) is 17.2. The smallest absolute Gasteiger partial charge is 0.274 e. The van der Waals surface area contributed by atoms with Gasteiger partial charge in [-0.2, -0.15) is 13.5 Å². The van der Waals surface area contributed by atoms with Gasteiger partial charge in [0.1, 0.15) is 12.4 Å². The predicted molar refractivity (Wildman–Crippen MR) is 92.4 cm³/mol. The average molecular weight is 356 g/mol. The van der Waals surface area contributed by atoms with E-state index in [1.165, 1.54) is 0 Å². The van der Waals surface area contributed by atoms with Crippen LogP contribution in [0.25, 0.3) is 0 Å². The standard InChI is InChI=1S/C16H22N2O5.H2S/c1-10-8-23-13-6-11(14(20)17-22)4-5-12(13)7-18(10)15(21)16(2,3)9-19;/h4-6,10,19,22H,7-9H2,1-3H3,(H,17,20);1H2/t10-;/m0./s1. The summed E-state index contributed by atoms with van der Waals surface area (Å²) in [4.78, 5) is 25.8. The van der Waals surface area contributed by atoms with Crippen molar-refractivity contribution in [2.45, 2.75) is 33.4 Å². The maximum absolute atomic E-state index is 12.7. The Kier molecular flexibility index (Phi) is 6.65. The molecule has 134 valence electrons. The summed E-state index contributed by atoms with van der Waals surface area (Å²) in [6.07, 6.45) is 0. The molecule has 1 aromatic carbocycles. The molecule has 8 heteroatoms. The SMILES string of the molecule is C[C@H]1COc2cc(C(=O)NO)ccc2CN1C(=O)C(C)(C)CO.S. The molecule has 1 heterocycles. The van der Waals surface area contributed by atoms with Crippen molar-refractivity contribution in [2.75, 3.05) is 13.2 Å². The van der Waals surface area contributed by atoms with E-state index >= 15 is 0 Å². The third-order valence-corrected chi connectivity index (χ3v) is 4.02. The molecule has 0 spiro atoms. The van der Waals surface area contributed by atoms with E-state index < -0.39 is 11.3 Å². The third-order valence-electron chi connectivity index (χ3n) is 4.02. The summed E-state index contributed by atoms with van der Waals surface area (Å²) in [6, 6.07) is 4.63. The average Bonchev–Trinajstić information content (AvgIpc) is 2.72. The number of carbonyl (C=O) groups is 2. The van der Waals surface area contributed by atoms with Gasteiger partial charge in [-0.15, -0.1) is 0 Å². The lowest BCUT2D eigenvalue weighted by atomic mass is 9.92. The van der Waals surface area contributed by atoms with Crippen LogP contribution in [-0.4, -0.2) is 46.3 Å². The van der Waals surface area contributed by atoms with Crippen LogP contribution in [0.3, 0.4) is 0 Å². The second-order valence-corrected chi connectivity index (χ2v) is 6.40. The number of ether oxygens (including phenoxy) is 1. The lowest BCUT2D eigenvalue weighted by Gasteiger charge is -2.33. The number of rotatable bonds is 3. The second kappa shape index (κ2) is 7.87. The summed E-state index contributed by atoms with van der Waals surface area (Å²) in [5.41, 5.74) is 1.76. The number of hydrogen-bond donors (Lipinski definition) is 3. The van der Waals surface area contributed by atoms with Gasteiger partial charge in [0.15, 0.2) is 0 Å². The highest BCUT2D eigenvalue weighted by molar-refractivity contribution is 7.59. The molecule has 1 atom stereocenters. The van der Waals surface area contributed by atoms with Gasteiger partial charge in [-0.05, 0) is 32.9 Å². The normalized spacial score (nSPS) is 17.0. The van der Waals surface area contributed by atoms with E-state index in [4.69, 9.17) is 9.94 Å². The van der Waals surface area contributed by atoms with E-state index in [-0.39, 0.29) is 44.2 Å². The van der Waals surface area contributed by atoms with Crippen molar-refractivity contribution in [3.63, 3.8) is 0 Å². The Bertz CT molecular complexity index is 620. The van der Waals surface area contributed by atoms with Gasteiger partial charge in [0.2, 0.25) is 5.91 Å². The summed E-state index contributed by atoms with van der Waals surface area (Å²) in [6.45, 7) is 5.65. The number of nitrogens with one attached hydrogen (secondary N) is 1. The Morgan fingerprint density at radius 2 is 2.08 bits per heavy atom. The molecule has 2 rings (SSSR count). The quantitative estimate of drug-likeness (QED) is 0.555. The van der Waals surface area contributed by atoms with E-state index in [0.29, 0.717) is 12.3 Å². The zero-order valence-corrected chi connectivity index (χ0v) is 15.0. The van der Waals surface area contributed by atoms with Crippen LogP contribution in [0, 0.1) is 5.41 Å².